The molecule has 1 unspecified atom stereocenters. The van der Waals surface area contributed by atoms with Crippen LogP contribution in [0.1, 0.15) is 44.0 Å². The molecular formula is C15H24N2O2. The summed E-state index contributed by atoms with van der Waals surface area (Å²) in [6.07, 6.45) is 2.10. The molecule has 0 fully saturated rings. The number of rotatable bonds is 6. The average Bonchev–Trinajstić information content (AvgIpc) is 2.39. The summed E-state index contributed by atoms with van der Waals surface area (Å²) in [5, 5.41) is 3.02. The third kappa shape index (κ3) is 3.88. The minimum absolute atomic E-state index is 0.125. The molecule has 1 amide bonds. The molecule has 1 atom stereocenters. The molecule has 0 bridgehead atoms. The topological polar surface area (TPSA) is 64.3 Å². The average molecular weight is 264 g/mol. The van der Waals surface area contributed by atoms with Crippen LogP contribution in [0.4, 0.5) is 5.69 Å². The molecule has 4 nitrogen and oxygen atoms in total. The van der Waals surface area contributed by atoms with Crippen LogP contribution < -0.4 is 15.8 Å². The van der Waals surface area contributed by atoms with Gasteiger partial charge in [0.1, 0.15) is 5.75 Å². The number of nitrogens with two attached hydrogens (primary N) is 1. The second kappa shape index (κ2) is 7.02. The molecule has 0 radical (unpaired) electrons. The summed E-state index contributed by atoms with van der Waals surface area (Å²) in [5.74, 6) is 1.02. The number of benzene rings is 1. The van der Waals surface area contributed by atoms with Gasteiger partial charge >= 0.3 is 0 Å². The van der Waals surface area contributed by atoms with Gasteiger partial charge in [-0.25, -0.2) is 0 Å². The molecular weight excluding hydrogens is 240 g/mol. The van der Waals surface area contributed by atoms with Crippen molar-refractivity contribution in [3.05, 3.63) is 23.8 Å². The maximum atomic E-state index is 12.2. The van der Waals surface area contributed by atoms with E-state index >= 15 is 0 Å². The molecule has 0 aliphatic heterocycles. The van der Waals surface area contributed by atoms with E-state index in [4.69, 9.17) is 10.5 Å². The number of methoxy groups -OCH3 is 1. The van der Waals surface area contributed by atoms with E-state index in [-0.39, 0.29) is 11.9 Å². The summed E-state index contributed by atoms with van der Waals surface area (Å²) in [6.45, 7) is 6.31. The van der Waals surface area contributed by atoms with E-state index in [0.29, 0.717) is 22.9 Å². The van der Waals surface area contributed by atoms with Crippen LogP contribution in [0.25, 0.3) is 0 Å². The van der Waals surface area contributed by atoms with E-state index in [0.717, 1.165) is 12.8 Å². The lowest BCUT2D eigenvalue weighted by Gasteiger charge is -2.22. The Labute approximate surface area is 115 Å². The zero-order chi connectivity index (χ0) is 14.4. The van der Waals surface area contributed by atoms with Crippen LogP contribution in [0.15, 0.2) is 18.2 Å². The minimum Gasteiger partial charge on any atom is -0.497 e. The van der Waals surface area contributed by atoms with Gasteiger partial charge in [-0.15, -0.1) is 0 Å². The quantitative estimate of drug-likeness (QED) is 0.776. The lowest BCUT2D eigenvalue weighted by molar-refractivity contribution is 0.0926. The van der Waals surface area contributed by atoms with Gasteiger partial charge in [0.2, 0.25) is 0 Å². The fourth-order valence-electron chi connectivity index (χ4n) is 2.27. The molecule has 0 aliphatic carbocycles. The van der Waals surface area contributed by atoms with Crippen molar-refractivity contribution in [2.45, 2.75) is 39.7 Å². The number of carbonyl (C=O) groups excluding carboxylic acids is 1. The van der Waals surface area contributed by atoms with Crippen LogP contribution in [0.3, 0.4) is 0 Å². The van der Waals surface area contributed by atoms with E-state index < -0.39 is 0 Å². The van der Waals surface area contributed by atoms with Crippen molar-refractivity contribution in [1.82, 2.24) is 5.32 Å². The van der Waals surface area contributed by atoms with Crippen molar-refractivity contribution < 1.29 is 9.53 Å². The highest BCUT2D eigenvalue weighted by molar-refractivity contribution is 5.99. The first-order valence-corrected chi connectivity index (χ1v) is 6.77. The number of amides is 1. The van der Waals surface area contributed by atoms with Gasteiger partial charge < -0.3 is 15.8 Å². The Morgan fingerprint density at radius 2 is 2.00 bits per heavy atom. The van der Waals surface area contributed by atoms with E-state index in [1.807, 2.05) is 6.92 Å². The smallest absolute Gasteiger partial charge is 0.253 e. The van der Waals surface area contributed by atoms with Crippen LogP contribution in [0.2, 0.25) is 0 Å². The van der Waals surface area contributed by atoms with E-state index in [2.05, 4.69) is 19.2 Å². The second-order valence-electron chi connectivity index (χ2n) is 4.79. The third-order valence-corrected chi connectivity index (χ3v) is 3.62. The molecule has 106 valence electrons. The highest BCUT2D eigenvalue weighted by atomic mass is 16.5. The van der Waals surface area contributed by atoms with Gasteiger partial charge in [-0.05, 0) is 25.0 Å². The predicted octanol–water partition coefficient (Wildman–Crippen LogP) is 2.83. The van der Waals surface area contributed by atoms with Crippen LogP contribution in [0.5, 0.6) is 5.75 Å². The largest absolute Gasteiger partial charge is 0.497 e. The Morgan fingerprint density at radius 1 is 1.37 bits per heavy atom. The molecule has 0 spiro atoms. The summed E-state index contributed by atoms with van der Waals surface area (Å²) in [4.78, 5) is 12.2. The standard InChI is InChI=1S/C15H24N2O2/c1-5-11(6-2)10(3)17-15(18)13-8-7-12(19-4)9-14(13)16/h7-11H,5-6,16H2,1-4H3,(H,17,18). The van der Waals surface area contributed by atoms with Crippen molar-refractivity contribution in [1.29, 1.82) is 0 Å². The number of nitrogens with one attached hydrogen (secondary N) is 1. The van der Waals surface area contributed by atoms with Gasteiger partial charge in [-0.2, -0.15) is 0 Å². The van der Waals surface area contributed by atoms with Crippen molar-refractivity contribution in [3.63, 3.8) is 0 Å². The monoisotopic (exact) mass is 264 g/mol. The lowest BCUT2D eigenvalue weighted by Crippen LogP contribution is -2.38. The first kappa shape index (κ1) is 15.3. The molecule has 0 aliphatic rings. The summed E-state index contributed by atoms with van der Waals surface area (Å²) in [5.41, 5.74) is 6.81. The van der Waals surface area contributed by atoms with E-state index in [1.165, 1.54) is 0 Å². The molecule has 3 N–H and O–H groups in total. The third-order valence-electron chi connectivity index (χ3n) is 3.62. The zero-order valence-corrected chi connectivity index (χ0v) is 12.2. The molecule has 4 heteroatoms. The van der Waals surface area contributed by atoms with Gasteiger partial charge in [-0.1, -0.05) is 26.7 Å². The molecule has 0 aromatic heterocycles. The van der Waals surface area contributed by atoms with Crippen molar-refractivity contribution in [3.8, 4) is 5.75 Å². The van der Waals surface area contributed by atoms with E-state index in [9.17, 15) is 4.79 Å². The zero-order valence-electron chi connectivity index (χ0n) is 12.2. The maximum Gasteiger partial charge on any atom is 0.253 e. The number of hydrogen-bond acceptors (Lipinski definition) is 3. The molecule has 1 aromatic carbocycles. The fraction of sp³-hybridized carbons (Fsp3) is 0.533. The van der Waals surface area contributed by atoms with Gasteiger partial charge in [0.25, 0.3) is 5.91 Å². The molecule has 1 rings (SSSR count). The molecule has 0 saturated carbocycles. The first-order valence-electron chi connectivity index (χ1n) is 6.77. The van der Waals surface area contributed by atoms with Gasteiger partial charge in [-0.3, -0.25) is 4.79 Å². The normalized spacial score (nSPS) is 12.3. The van der Waals surface area contributed by atoms with Crippen molar-refractivity contribution >= 4 is 11.6 Å². The minimum atomic E-state index is -0.125. The number of anilines is 1. The number of nitrogen functional groups attached to an aromatic ring is 1. The summed E-state index contributed by atoms with van der Waals surface area (Å²) < 4.78 is 5.07. The van der Waals surface area contributed by atoms with Crippen LogP contribution in [-0.4, -0.2) is 19.1 Å². The highest BCUT2D eigenvalue weighted by Crippen LogP contribution is 2.20. The molecule has 0 heterocycles. The number of ether oxygens (including phenoxy) is 1. The predicted molar refractivity (Wildman–Crippen MR) is 78.4 cm³/mol. The SMILES string of the molecule is CCC(CC)C(C)NC(=O)c1ccc(OC)cc1N. The fourth-order valence-corrected chi connectivity index (χ4v) is 2.27. The first-order chi connectivity index (χ1) is 9.03. The Balaban J connectivity index is 2.78. The lowest BCUT2D eigenvalue weighted by atomic mass is 9.95. The van der Waals surface area contributed by atoms with Gasteiger partial charge in [0.05, 0.1) is 12.7 Å². The van der Waals surface area contributed by atoms with E-state index in [1.54, 1.807) is 25.3 Å². The highest BCUT2D eigenvalue weighted by Gasteiger charge is 2.18. The van der Waals surface area contributed by atoms with Crippen LogP contribution in [-0.2, 0) is 0 Å². The summed E-state index contributed by atoms with van der Waals surface area (Å²) in [7, 11) is 1.57. The Kier molecular flexibility index (Phi) is 5.67. The molecule has 1 aromatic rings. The van der Waals surface area contributed by atoms with Crippen LogP contribution >= 0.6 is 0 Å². The number of hydrogen-bond donors (Lipinski definition) is 2. The summed E-state index contributed by atoms with van der Waals surface area (Å²) in [6, 6.07) is 5.25. The van der Waals surface area contributed by atoms with Crippen molar-refractivity contribution in [2.24, 2.45) is 5.92 Å². The maximum absolute atomic E-state index is 12.2. The summed E-state index contributed by atoms with van der Waals surface area (Å²) >= 11 is 0. The Morgan fingerprint density at radius 3 is 2.47 bits per heavy atom. The van der Waals surface area contributed by atoms with Gasteiger partial charge in [0, 0.05) is 17.8 Å². The van der Waals surface area contributed by atoms with Gasteiger partial charge in [0.15, 0.2) is 0 Å². The molecule has 0 saturated heterocycles. The number of carbonyl (C=O) groups is 1. The Bertz CT molecular complexity index is 428. The van der Waals surface area contributed by atoms with Crippen molar-refractivity contribution in [2.75, 3.05) is 12.8 Å². The Hall–Kier alpha value is -1.71. The molecule has 19 heavy (non-hydrogen) atoms. The van der Waals surface area contributed by atoms with Crippen LogP contribution in [0, 0.1) is 5.92 Å². The second-order valence-corrected chi connectivity index (χ2v) is 4.79.